The van der Waals surface area contributed by atoms with Crippen molar-refractivity contribution in [3.05, 3.63) is 0 Å². The second-order valence-corrected chi connectivity index (χ2v) is 5.28. The van der Waals surface area contributed by atoms with E-state index < -0.39 is 0 Å². The van der Waals surface area contributed by atoms with Crippen LogP contribution in [0.3, 0.4) is 0 Å². The van der Waals surface area contributed by atoms with E-state index in [-0.39, 0.29) is 11.2 Å². The van der Waals surface area contributed by atoms with Gasteiger partial charge in [-0.25, -0.2) is 0 Å². The van der Waals surface area contributed by atoms with Crippen LogP contribution in [0.15, 0.2) is 0 Å². The summed E-state index contributed by atoms with van der Waals surface area (Å²) in [4.78, 5) is 0. The zero-order chi connectivity index (χ0) is 10.2. The lowest BCUT2D eigenvalue weighted by Gasteiger charge is -2.48. The van der Waals surface area contributed by atoms with Crippen molar-refractivity contribution in [2.75, 3.05) is 19.7 Å². The Kier molecular flexibility index (Phi) is 2.58. The molecule has 3 heteroatoms. The minimum Gasteiger partial charge on any atom is -0.375 e. The number of hydrogen-bond acceptors (Lipinski definition) is 3. The summed E-state index contributed by atoms with van der Waals surface area (Å²) in [5.74, 6) is 0. The van der Waals surface area contributed by atoms with Crippen molar-refractivity contribution in [3.63, 3.8) is 0 Å². The molecule has 1 N–H and O–H groups in total. The fraction of sp³-hybridized carbons (Fsp3) is 1.00. The highest BCUT2D eigenvalue weighted by Crippen LogP contribution is 2.36. The predicted molar refractivity (Wildman–Crippen MR) is 55.4 cm³/mol. The van der Waals surface area contributed by atoms with Gasteiger partial charge in [0, 0.05) is 25.9 Å². The first-order valence-electron chi connectivity index (χ1n) is 5.54. The van der Waals surface area contributed by atoms with Crippen LogP contribution in [0.1, 0.15) is 33.6 Å². The van der Waals surface area contributed by atoms with Crippen LogP contribution in [0.5, 0.6) is 0 Å². The van der Waals surface area contributed by atoms with Crippen molar-refractivity contribution in [1.29, 1.82) is 0 Å². The van der Waals surface area contributed by atoms with Crippen LogP contribution in [0, 0.1) is 0 Å². The summed E-state index contributed by atoms with van der Waals surface area (Å²) in [5, 5.41) is 3.45. The zero-order valence-electron chi connectivity index (χ0n) is 9.43. The monoisotopic (exact) mass is 199 g/mol. The molecule has 14 heavy (non-hydrogen) atoms. The third-order valence-electron chi connectivity index (χ3n) is 3.13. The maximum atomic E-state index is 6.11. The summed E-state index contributed by atoms with van der Waals surface area (Å²) in [7, 11) is 0. The maximum Gasteiger partial charge on any atom is 0.0859 e. The van der Waals surface area contributed by atoms with Gasteiger partial charge in [-0.3, -0.25) is 0 Å². The van der Waals surface area contributed by atoms with Crippen LogP contribution in [0.4, 0.5) is 0 Å². The molecule has 2 saturated heterocycles. The van der Waals surface area contributed by atoms with Gasteiger partial charge < -0.3 is 14.8 Å². The van der Waals surface area contributed by atoms with E-state index in [0.29, 0.717) is 6.10 Å². The van der Waals surface area contributed by atoms with E-state index in [1.807, 2.05) is 0 Å². The molecule has 2 rings (SSSR count). The molecule has 1 spiro atoms. The van der Waals surface area contributed by atoms with E-state index in [2.05, 4.69) is 26.1 Å². The quantitative estimate of drug-likeness (QED) is 0.638. The Hall–Kier alpha value is -0.120. The average molecular weight is 199 g/mol. The molecule has 2 atom stereocenters. The third-order valence-corrected chi connectivity index (χ3v) is 3.13. The second-order valence-electron chi connectivity index (χ2n) is 5.28. The van der Waals surface area contributed by atoms with E-state index in [0.717, 1.165) is 32.5 Å². The van der Waals surface area contributed by atoms with Gasteiger partial charge in [0.05, 0.1) is 23.9 Å². The lowest BCUT2D eigenvalue weighted by molar-refractivity contribution is -0.196. The van der Waals surface area contributed by atoms with Crippen molar-refractivity contribution < 1.29 is 9.47 Å². The largest absolute Gasteiger partial charge is 0.375 e. The standard InChI is InChI=1S/C11H21NO2/c1-9-6-12-8-11(14-9)4-5-13-10(2,3)7-11/h9,12H,4-8H2,1-3H3/t9-,11+/m1/s1. The van der Waals surface area contributed by atoms with Crippen molar-refractivity contribution in [1.82, 2.24) is 5.32 Å². The molecule has 0 aromatic carbocycles. The molecule has 3 nitrogen and oxygen atoms in total. The molecular formula is C11H21NO2. The first-order valence-corrected chi connectivity index (χ1v) is 5.54. The smallest absolute Gasteiger partial charge is 0.0859 e. The number of morpholine rings is 1. The molecule has 2 fully saturated rings. The summed E-state index contributed by atoms with van der Waals surface area (Å²) in [6, 6.07) is 0. The van der Waals surface area contributed by atoms with Gasteiger partial charge >= 0.3 is 0 Å². The Morgan fingerprint density at radius 2 is 2.14 bits per heavy atom. The van der Waals surface area contributed by atoms with Crippen molar-refractivity contribution in [2.24, 2.45) is 0 Å². The summed E-state index contributed by atoms with van der Waals surface area (Å²) in [6.07, 6.45) is 2.35. The Balaban J connectivity index is 2.06. The molecule has 82 valence electrons. The topological polar surface area (TPSA) is 30.5 Å². The molecule has 0 amide bonds. The van der Waals surface area contributed by atoms with Crippen molar-refractivity contribution >= 4 is 0 Å². The lowest BCUT2D eigenvalue weighted by atomic mass is 9.83. The molecule has 0 bridgehead atoms. The maximum absolute atomic E-state index is 6.11. The van der Waals surface area contributed by atoms with E-state index >= 15 is 0 Å². The van der Waals surface area contributed by atoms with Crippen LogP contribution in [0.2, 0.25) is 0 Å². The lowest BCUT2D eigenvalue weighted by Crippen LogP contribution is -2.58. The van der Waals surface area contributed by atoms with Crippen LogP contribution >= 0.6 is 0 Å². The molecule has 2 heterocycles. The predicted octanol–water partition coefficient (Wildman–Crippen LogP) is 1.32. The number of nitrogens with one attached hydrogen (secondary N) is 1. The normalized spacial score (nSPS) is 42.6. The summed E-state index contributed by atoms with van der Waals surface area (Å²) >= 11 is 0. The van der Waals surface area contributed by atoms with E-state index in [9.17, 15) is 0 Å². The molecule has 0 saturated carbocycles. The first-order chi connectivity index (χ1) is 6.52. The van der Waals surface area contributed by atoms with Crippen LogP contribution in [-0.2, 0) is 9.47 Å². The molecule has 0 aliphatic carbocycles. The fourth-order valence-corrected chi connectivity index (χ4v) is 2.69. The van der Waals surface area contributed by atoms with Gasteiger partial charge in [0.25, 0.3) is 0 Å². The highest BCUT2D eigenvalue weighted by atomic mass is 16.5. The Morgan fingerprint density at radius 1 is 1.36 bits per heavy atom. The van der Waals surface area contributed by atoms with Crippen molar-refractivity contribution in [3.8, 4) is 0 Å². The Bertz CT molecular complexity index is 213. The highest BCUT2D eigenvalue weighted by molar-refractivity contribution is 4.96. The van der Waals surface area contributed by atoms with Crippen LogP contribution in [0.25, 0.3) is 0 Å². The minimum atomic E-state index is -0.0308. The van der Waals surface area contributed by atoms with E-state index in [1.165, 1.54) is 0 Å². The summed E-state index contributed by atoms with van der Waals surface area (Å²) in [5.41, 5.74) is -0.00356. The SMILES string of the molecule is C[C@@H]1CNC[C@@]2(CCOC(C)(C)C2)O1. The zero-order valence-corrected chi connectivity index (χ0v) is 9.43. The van der Waals surface area contributed by atoms with Gasteiger partial charge in [-0.1, -0.05) is 0 Å². The molecular weight excluding hydrogens is 178 g/mol. The molecule has 0 aromatic heterocycles. The third kappa shape index (κ3) is 2.10. The van der Waals surface area contributed by atoms with Gasteiger partial charge in [-0.15, -0.1) is 0 Å². The molecule has 2 aliphatic rings. The highest BCUT2D eigenvalue weighted by Gasteiger charge is 2.44. The molecule has 2 aliphatic heterocycles. The van der Waals surface area contributed by atoms with Crippen LogP contribution < -0.4 is 5.32 Å². The Labute approximate surface area is 86.2 Å². The van der Waals surface area contributed by atoms with Gasteiger partial charge in [-0.2, -0.15) is 0 Å². The summed E-state index contributed by atoms with van der Waals surface area (Å²) < 4.78 is 11.8. The number of hydrogen-bond donors (Lipinski definition) is 1. The number of rotatable bonds is 0. The number of ether oxygens (including phenoxy) is 2. The second kappa shape index (κ2) is 3.47. The van der Waals surface area contributed by atoms with Gasteiger partial charge in [-0.05, 0) is 20.8 Å². The van der Waals surface area contributed by atoms with E-state index in [4.69, 9.17) is 9.47 Å². The Morgan fingerprint density at radius 3 is 2.79 bits per heavy atom. The molecule has 0 aromatic rings. The first kappa shape index (κ1) is 10.4. The minimum absolute atomic E-state index is 0.0272. The van der Waals surface area contributed by atoms with E-state index in [1.54, 1.807) is 0 Å². The fourth-order valence-electron chi connectivity index (χ4n) is 2.69. The van der Waals surface area contributed by atoms with Gasteiger partial charge in [0.2, 0.25) is 0 Å². The van der Waals surface area contributed by atoms with Gasteiger partial charge in [0.1, 0.15) is 0 Å². The molecule has 0 radical (unpaired) electrons. The van der Waals surface area contributed by atoms with Gasteiger partial charge in [0.15, 0.2) is 0 Å². The molecule has 0 unspecified atom stereocenters. The average Bonchev–Trinajstić information content (AvgIpc) is 2.00. The van der Waals surface area contributed by atoms with Crippen molar-refractivity contribution in [2.45, 2.75) is 50.9 Å². The van der Waals surface area contributed by atoms with Crippen LogP contribution in [-0.4, -0.2) is 37.0 Å². The summed E-state index contributed by atoms with van der Waals surface area (Å²) in [6.45, 7) is 9.21.